The molecule has 9 heteroatoms. The second-order valence-electron chi connectivity index (χ2n) is 10.1. The molecule has 2 aromatic carbocycles. The number of benzene rings is 2. The Labute approximate surface area is 219 Å². The molecule has 188 valence electrons. The van der Waals surface area contributed by atoms with Crippen molar-refractivity contribution in [1.82, 2.24) is 9.47 Å². The highest BCUT2D eigenvalue weighted by Gasteiger charge is 2.45. The van der Waals surface area contributed by atoms with Gasteiger partial charge in [0.2, 0.25) is 0 Å². The van der Waals surface area contributed by atoms with Crippen molar-refractivity contribution in [3.63, 3.8) is 0 Å². The van der Waals surface area contributed by atoms with E-state index in [2.05, 4.69) is 16.0 Å². The van der Waals surface area contributed by atoms with Gasteiger partial charge in [-0.1, -0.05) is 23.2 Å². The summed E-state index contributed by atoms with van der Waals surface area (Å²) in [6, 6.07) is 14.5. The summed E-state index contributed by atoms with van der Waals surface area (Å²) in [4.78, 5) is 27.7. The van der Waals surface area contributed by atoms with Crippen molar-refractivity contribution in [3.05, 3.63) is 76.0 Å². The van der Waals surface area contributed by atoms with Gasteiger partial charge < -0.3 is 18.9 Å². The molecule has 1 fully saturated rings. The number of ether oxygens (including phenoxy) is 2. The first kappa shape index (κ1) is 24.5. The maximum absolute atomic E-state index is 13.5. The zero-order valence-corrected chi connectivity index (χ0v) is 21.8. The van der Waals surface area contributed by atoms with E-state index in [-0.39, 0.29) is 5.91 Å². The number of fused-ring (bicyclic) bond motifs is 4. The normalized spacial score (nSPS) is 16.1. The maximum Gasteiger partial charge on any atom is 0.412 e. The molecule has 0 saturated carbocycles. The molecular formula is C27H27Cl2N3O4. The van der Waals surface area contributed by atoms with Crippen LogP contribution in [0, 0.1) is 0 Å². The summed E-state index contributed by atoms with van der Waals surface area (Å²) in [6.45, 7) is 6.28. The molecule has 0 bridgehead atoms. The number of rotatable bonds is 2. The summed E-state index contributed by atoms with van der Waals surface area (Å²) >= 11 is 12.4. The minimum atomic E-state index is -0.672. The van der Waals surface area contributed by atoms with Crippen LogP contribution >= 0.6 is 23.2 Å². The third kappa shape index (κ3) is 4.65. The molecule has 7 nitrogen and oxygen atoms in total. The van der Waals surface area contributed by atoms with Crippen LogP contribution < -0.4 is 10.1 Å². The van der Waals surface area contributed by atoms with E-state index in [0.29, 0.717) is 47.2 Å². The molecule has 0 atom stereocenters. The third-order valence-corrected chi connectivity index (χ3v) is 6.88. The first-order chi connectivity index (χ1) is 17.0. The Morgan fingerprint density at radius 2 is 1.72 bits per heavy atom. The second-order valence-corrected chi connectivity index (χ2v) is 11.0. The van der Waals surface area contributed by atoms with Gasteiger partial charge in [-0.15, -0.1) is 0 Å². The summed E-state index contributed by atoms with van der Waals surface area (Å²) in [7, 11) is 0. The number of nitrogens with one attached hydrogen (secondary N) is 1. The van der Waals surface area contributed by atoms with E-state index in [1.807, 2.05) is 30.5 Å². The van der Waals surface area contributed by atoms with Gasteiger partial charge in [0.1, 0.15) is 11.4 Å². The lowest BCUT2D eigenvalue weighted by Crippen LogP contribution is -2.50. The van der Waals surface area contributed by atoms with Crippen molar-refractivity contribution in [2.45, 2.75) is 44.8 Å². The van der Waals surface area contributed by atoms with Gasteiger partial charge in [-0.2, -0.15) is 0 Å². The van der Waals surface area contributed by atoms with Crippen LogP contribution in [-0.4, -0.2) is 40.2 Å². The molecule has 1 spiro atoms. The highest BCUT2D eigenvalue weighted by molar-refractivity contribution is 6.31. The van der Waals surface area contributed by atoms with Crippen LogP contribution in [0.3, 0.4) is 0 Å². The number of carbonyl (C=O) groups excluding carboxylic acids is 2. The highest BCUT2D eigenvalue weighted by Crippen LogP contribution is 2.46. The van der Waals surface area contributed by atoms with Crippen LogP contribution in [-0.2, 0) is 10.3 Å². The zero-order valence-electron chi connectivity index (χ0n) is 20.3. The molecule has 1 aromatic heterocycles. The lowest BCUT2D eigenvalue weighted by Gasteiger charge is -2.45. The number of anilines is 1. The quantitative estimate of drug-likeness (QED) is 0.404. The van der Waals surface area contributed by atoms with Crippen LogP contribution in [0.1, 0.15) is 49.7 Å². The first-order valence-corrected chi connectivity index (χ1v) is 12.6. The minimum absolute atomic E-state index is 0.192. The third-order valence-electron chi connectivity index (χ3n) is 6.41. The zero-order chi connectivity index (χ0) is 25.7. The average Bonchev–Trinajstić information content (AvgIpc) is 3.29. The number of amides is 2. The number of hydrogen-bond acceptors (Lipinski definition) is 4. The van der Waals surface area contributed by atoms with Crippen molar-refractivity contribution >= 4 is 40.9 Å². The Bertz CT molecular complexity index is 1340. The summed E-state index contributed by atoms with van der Waals surface area (Å²) in [5.74, 6) is 0.537. The molecule has 0 aliphatic carbocycles. The second kappa shape index (κ2) is 9.05. The fourth-order valence-corrected chi connectivity index (χ4v) is 5.15. The number of likely N-dealkylation sites (tertiary alicyclic amines) is 1. The Morgan fingerprint density at radius 3 is 2.44 bits per heavy atom. The largest absolute Gasteiger partial charge is 0.479 e. The molecule has 1 saturated heterocycles. The van der Waals surface area contributed by atoms with E-state index in [9.17, 15) is 9.59 Å². The standard InChI is InChI=1S/C27H27Cl2N3O4/c1-26(2,3)36-25(34)30-20-15-17(28)6-8-19(20)24(33)31-13-10-27(11-14-31)23-5-4-12-32(23)21-9-7-18(29)16-22(21)35-27/h4-9,12,15-16H,10-11,13-14H2,1-3H3,(H,30,34). The number of halogens is 2. The van der Waals surface area contributed by atoms with Gasteiger partial charge in [-0.25, -0.2) is 4.79 Å². The first-order valence-electron chi connectivity index (χ1n) is 11.8. The molecule has 36 heavy (non-hydrogen) atoms. The Morgan fingerprint density at radius 1 is 1.03 bits per heavy atom. The summed E-state index contributed by atoms with van der Waals surface area (Å²) in [6.07, 6.45) is 2.59. The van der Waals surface area contributed by atoms with E-state index in [1.54, 1.807) is 43.9 Å². The van der Waals surface area contributed by atoms with E-state index in [0.717, 1.165) is 17.1 Å². The SMILES string of the molecule is CC(C)(C)OC(=O)Nc1cc(Cl)ccc1C(=O)N1CCC2(CC1)Oc1cc(Cl)ccc1-n1cccc12. The van der Waals surface area contributed by atoms with Crippen molar-refractivity contribution in [3.8, 4) is 11.4 Å². The summed E-state index contributed by atoms with van der Waals surface area (Å²) in [5, 5.41) is 3.69. The maximum atomic E-state index is 13.5. The molecule has 1 N–H and O–H groups in total. The van der Waals surface area contributed by atoms with Crippen LogP contribution in [0.15, 0.2) is 54.7 Å². The highest BCUT2D eigenvalue weighted by atomic mass is 35.5. The molecule has 2 aliphatic rings. The van der Waals surface area contributed by atoms with Gasteiger partial charge in [0.25, 0.3) is 5.91 Å². The number of carbonyl (C=O) groups is 2. The topological polar surface area (TPSA) is 72.8 Å². The minimum Gasteiger partial charge on any atom is -0.479 e. The van der Waals surface area contributed by atoms with Crippen molar-refractivity contribution < 1.29 is 19.1 Å². The lowest BCUT2D eigenvalue weighted by atomic mass is 9.86. The molecule has 0 radical (unpaired) electrons. The molecule has 0 unspecified atom stereocenters. The van der Waals surface area contributed by atoms with Gasteiger partial charge in [0, 0.05) is 48.2 Å². The predicted molar refractivity (Wildman–Crippen MR) is 140 cm³/mol. The van der Waals surface area contributed by atoms with Crippen LogP contribution in [0.25, 0.3) is 5.69 Å². The van der Waals surface area contributed by atoms with Gasteiger partial charge in [-0.05, 0) is 63.2 Å². The van der Waals surface area contributed by atoms with E-state index < -0.39 is 17.3 Å². The van der Waals surface area contributed by atoms with E-state index in [1.165, 1.54) is 0 Å². The summed E-state index contributed by atoms with van der Waals surface area (Å²) in [5.41, 5.74) is 1.44. The molecule has 5 rings (SSSR count). The fourth-order valence-electron chi connectivity index (χ4n) is 4.81. The van der Waals surface area contributed by atoms with Gasteiger partial charge in [0.05, 0.1) is 22.6 Å². The number of piperidine rings is 1. The monoisotopic (exact) mass is 527 g/mol. The molecule has 3 aromatic rings. The Kier molecular flexibility index (Phi) is 6.17. The van der Waals surface area contributed by atoms with Crippen molar-refractivity contribution in [2.24, 2.45) is 0 Å². The van der Waals surface area contributed by atoms with Crippen LogP contribution in [0.4, 0.5) is 10.5 Å². The van der Waals surface area contributed by atoms with Gasteiger partial charge in [-0.3, -0.25) is 10.1 Å². The Balaban J connectivity index is 1.36. The number of nitrogens with zero attached hydrogens (tertiary/aromatic N) is 2. The smallest absolute Gasteiger partial charge is 0.412 e. The van der Waals surface area contributed by atoms with Crippen LogP contribution in [0.5, 0.6) is 5.75 Å². The lowest BCUT2D eigenvalue weighted by molar-refractivity contribution is -0.00927. The predicted octanol–water partition coefficient (Wildman–Crippen LogP) is 6.66. The molecular weight excluding hydrogens is 501 g/mol. The molecule has 3 heterocycles. The van der Waals surface area contributed by atoms with E-state index >= 15 is 0 Å². The summed E-state index contributed by atoms with van der Waals surface area (Å²) < 4.78 is 14.1. The van der Waals surface area contributed by atoms with Gasteiger partial charge >= 0.3 is 6.09 Å². The fraction of sp³-hybridized carbons (Fsp3) is 0.333. The molecule has 2 aliphatic heterocycles. The van der Waals surface area contributed by atoms with Crippen molar-refractivity contribution in [2.75, 3.05) is 18.4 Å². The number of hydrogen-bond donors (Lipinski definition) is 1. The van der Waals surface area contributed by atoms with Crippen molar-refractivity contribution in [1.29, 1.82) is 0 Å². The Hall–Kier alpha value is -3.16. The van der Waals surface area contributed by atoms with Gasteiger partial charge in [0.15, 0.2) is 5.60 Å². The van der Waals surface area contributed by atoms with Crippen LogP contribution in [0.2, 0.25) is 10.0 Å². The number of aromatic nitrogens is 1. The average molecular weight is 528 g/mol. The molecule has 2 amide bonds. The van der Waals surface area contributed by atoms with E-state index in [4.69, 9.17) is 32.7 Å².